The van der Waals surface area contributed by atoms with Gasteiger partial charge in [0.05, 0.1) is 11.8 Å². The van der Waals surface area contributed by atoms with E-state index in [0.29, 0.717) is 23.1 Å². The molecule has 1 aliphatic rings. The Labute approximate surface area is 122 Å². The van der Waals surface area contributed by atoms with Crippen LogP contribution in [0.2, 0.25) is 0 Å². The zero-order valence-corrected chi connectivity index (χ0v) is 11.9. The van der Waals surface area contributed by atoms with Crippen LogP contribution >= 0.6 is 0 Å². The van der Waals surface area contributed by atoms with Gasteiger partial charge in [0.25, 0.3) is 0 Å². The highest BCUT2D eigenvalue weighted by Crippen LogP contribution is 2.39. The van der Waals surface area contributed by atoms with Crippen molar-refractivity contribution in [2.24, 2.45) is 0 Å². The maximum atomic E-state index is 12.5. The first-order valence-electron chi connectivity index (χ1n) is 6.90. The molecule has 0 aromatic carbocycles. The van der Waals surface area contributed by atoms with Gasteiger partial charge >= 0.3 is 0 Å². The average Bonchev–Trinajstić information content (AvgIpc) is 3.16. The van der Waals surface area contributed by atoms with Gasteiger partial charge in [0, 0.05) is 17.3 Å². The summed E-state index contributed by atoms with van der Waals surface area (Å²) in [5, 5.41) is 16.3. The Balaban J connectivity index is 1.91. The Hall–Kier alpha value is -2.55. The first kappa shape index (κ1) is 13.4. The largest absolute Gasteiger partial charge is 0.290 e. The van der Waals surface area contributed by atoms with E-state index in [-0.39, 0.29) is 5.78 Å². The van der Waals surface area contributed by atoms with E-state index in [0.717, 1.165) is 24.2 Å². The number of nitrogens with zero attached hydrogens (tertiary/aromatic N) is 4. The van der Waals surface area contributed by atoms with Crippen molar-refractivity contribution in [3.8, 4) is 6.07 Å². The van der Waals surface area contributed by atoms with Crippen LogP contribution in [0.1, 0.15) is 58.1 Å². The van der Waals surface area contributed by atoms with Gasteiger partial charge in [0.1, 0.15) is 11.5 Å². The molecule has 0 amide bonds. The molecule has 0 spiro atoms. The molecule has 3 rings (SSSR count). The van der Waals surface area contributed by atoms with Gasteiger partial charge in [-0.15, -0.1) is 0 Å². The lowest BCUT2D eigenvalue weighted by Crippen LogP contribution is -2.14. The molecule has 0 radical (unpaired) electrons. The standard InChI is InChI=1S/C15H15N5O/c1-8-5-13(18-9(2)17-8)11(7-16)15(21)14-6-12(19-20-14)10-3-4-10/h5-6,10-11H,3-4H2,1-2H3,(H,19,20). The number of aryl methyl sites for hydroxylation is 2. The summed E-state index contributed by atoms with van der Waals surface area (Å²) in [5.41, 5.74) is 2.46. The lowest BCUT2D eigenvalue weighted by molar-refractivity contribution is 0.0972. The summed E-state index contributed by atoms with van der Waals surface area (Å²) in [6, 6.07) is 5.46. The number of Topliss-reactive ketones (excluding diaryl/α,β-unsaturated/α-hetero) is 1. The predicted molar refractivity (Wildman–Crippen MR) is 74.8 cm³/mol. The topological polar surface area (TPSA) is 95.3 Å². The quantitative estimate of drug-likeness (QED) is 0.866. The maximum Gasteiger partial charge on any atom is 0.206 e. The summed E-state index contributed by atoms with van der Waals surface area (Å²) < 4.78 is 0. The molecule has 0 aliphatic heterocycles. The molecule has 0 bridgehead atoms. The Morgan fingerprint density at radius 2 is 2.14 bits per heavy atom. The van der Waals surface area contributed by atoms with Crippen LogP contribution in [0.3, 0.4) is 0 Å². The van der Waals surface area contributed by atoms with Gasteiger partial charge in [0.2, 0.25) is 5.78 Å². The van der Waals surface area contributed by atoms with E-state index in [4.69, 9.17) is 0 Å². The minimum absolute atomic E-state index is 0.303. The first-order valence-corrected chi connectivity index (χ1v) is 6.90. The van der Waals surface area contributed by atoms with E-state index in [1.807, 2.05) is 13.0 Å². The molecule has 1 saturated carbocycles. The second-order valence-electron chi connectivity index (χ2n) is 5.39. The molecule has 21 heavy (non-hydrogen) atoms. The minimum Gasteiger partial charge on any atom is -0.290 e. The SMILES string of the molecule is Cc1cc(C(C#N)C(=O)c2cc(C3CC3)[nH]n2)nc(C)n1. The highest BCUT2D eigenvalue weighted by molar-refractivity contribution is 6.01. The second kappa shape index (κ2) is 5.09. The van der Waals surface area contributed by atoms with Gasteiger partial charge in [-0.3, -0.25) is 9.89 Å². The van der Waals surface area contributed by atoms with E-state index in [1.54, 1.807) is 19.1 Å². The number of carbonyl (C=O) groups excluding carboxylic acids is 1. The van der Waals surface area contributed by atoms with E-state index >= 15 is 0 Å². The zero-order chi connectivity index (χ0) is 15.0. The fraction of sp³-hybridized carbons (Fsp3) is 0.400. The number of H-pyrrole nitrogens is 1. The van der Waals surface area contributed by atoms with Crippen LogP contribution in [0.4, 0.5) is 0 Å². The molecule has 1 N–H and O–H groups in total. The van der Waals surface area contributed by atoms with E-state index in [1.165, 1.54) is 0 Å². The van der Waals surface area contributed by atoms with E-state index < -0.39 is 5.92 Å². The Bertz CT molecular complexity index is 719. The molecule has 0 saturated heterocycles. The van der Waals surface area contributed by atoms with Gasteiger partial charge in [-0.1, -0.05) is 0 Å². The molecule has 2 aromatic heterocycles. The molecule has 2 heterocycles. The Morgan fingerprint density at radius 1 is 1.38 bits per heavy atom. The summed E-state index contributed by atoms with van der Waals surface area (Å²) in [4.78, 5) is 20.9. The number of nitriles is 1. The van der Waals surface area contributed by atoms with Crippen LogP contribution in [-0.4, -0.2) is 25.9 Å². The summed E-state index contributed by atoms with van der Waals surface area (Å²) >= 11 is 0. The van der Waals surface area contributed by atoms with Crippen LogP contribution < -0.4 is 0 Å². The number of ketones is 1. The highest BCUT2D eigenvalue weighted by Gasteiger charge is 2.29. The Kier molecular flexibility index (Phi) is 3.26. The molecule has 1 atom stereocenters. The van der Waals surface area contributed by atoms with Crippen molar-refractivity contribution < 1.29 is 4.79 Å². The Morgan fingerprint density at radius 3 is 2.76 bits per heavy atom. The van der Waals surface area contributed by atoms with Crippen LogP contribution in [0.15, 0.2) is 12.1 Å². The summed E-state index contributed by atoms with van der Waals surface area (Å²) in [7, 11) is 0. The van der Waals surface area contributed by atoms with Crippen molar-refractivity contribution in [2.75, 3.05) is 0 Å². The van der Waals surface area contributed by atoms with Gasteiger partial charge in [-0.2, -0.15) is 10.4 Å². The van der Waals surface area contributed by atoms with Gasteiger partial charge in [-0.05, 0) is 38.8 Å². The van der Waals surface area contributed by atoms with Crippen LogP contribution in [0.25, 0.3) is 0 Å². The van der Waals surface area contributed by atoms with E-state index in [9.17, 15) is 10.1 Å². The molecular formula is C15H15N5O. The third-order valence-corrected chi connectivity index (χ3v) is 3.54. The lowest BCUT2D eigenvalue weighted by Gasteiger charge is -2.07. The summed E-state index contributed by atoms with van der Waals surface area (Å²) in [5.74, 6) is -0.222. The number of hydrogen-bond acceptors (Lipinski definition) is 5. The number of hydrogen-bond donors (Lipinski definition) is 1. The zero-order valence-electron chi connectivity index (χ0n) is 11.9. The third-order valence-electron chi connectivity index (χ3n) is 3.54. The van der Waals surface area contributed by atoms with Crippen molar-refractivity contribution in [1.82, 2.24) is 20.2 Å². The molecule has 2 aromatic rings. The monoisotopic (exact) mass is 281 g/mol. The van der Waals surface area contributed by atoms with Crippen molar-refractivity contribution >= 4 is 5.78 Å². The number of carbonyl (C=O) groups is 1. The van der Waals surface area contributed by atoms with Crippen molar-refractivity contribution in [2.45, 2.75) is 38.5 Å². The molecule has 1 aliphatic carbocycles. The summed E-state index contributed by atoms with van der Waals surface area (Å²) in [6.07, 6.45) is 2.25. The number of aromatic amines is 1. The van der Waals surface area contributed by atoms with E-state index in [2.05, 4.69) is 20.2 Å². The summed E-state index contributed by atoms with van der Waals surface area (Å²) in [6.45, 7) is 3.56. The lowest BCUT2D eigenvalue weighted by atomic mass is 9.98. The van der Waals surface area contributed by atoms with Crippen molar-refractivity contribution in [3.05, 3.63) is 40.7 Å². The molecule has 6 heteroatoms. The van der Waals surface area contributed by atoms with Gasteiger partial charge in [0.15, 0.2) is 5.92 Å². The average molecular weight is 281 g/mol. The maximum absolute atomic E-state index is 12.5. The first-order chi connectivity index (χ1) is 10.1. The fourth-order valence-electron chi connectivity index (χ4n) is 2.37. The van der Waals surface area contributed by atoms with Crippen LogP contribution in [-0.2, 0) is 0 Å². The second-order valence-corrected chi connectivity index (χ2v) is 5.39. The predicted octanol–water partition coefficient (Wildman–Crippen LogP) is 2.18. The molecule has 1 unspecified atom stereocenters. The normalized spacial score (nSPS) is 15.5. The molecule has 1 fully saturated rings. The fourth-order valence-corrected chi connectivity index (χ4v) is 2.37. The smallest absolute Gasteiger partial charge is 0.206 e. The van der Waals surface area contributed by atoms with Crippen molar-refractivity contribution in [3.63, 3.8) is 0 Å². The molecule has 106 valence electrons. The highest BCUT2D eigenvalue weighted by atomic mass is 16.1. The molecule has 6 nitrogen and oxygen atoms in total. The van der Waals surface area contributed by atoms with Crippen LogP contribution in [0.5, 0.6) is 0 Å². The minimum atomic E-state index is -0.944. The van der Waals surface area contributed by atoms with Crippen LogP contribution in [0, 0.1) is 25.2 Å². The van der Waals surface area contributed by atoms with Crippen molar-refractivity contribution in [1.29, 1.82) is 5.26 Å². The molecular weight excluding hydrogens is 266 g/mol. The van der Waals surface area contributed by atoms with Gasteiger partial charge < -0.3 is 0 Å². The number of aromatic nitrogens is 4. The number of nitrogens with one attached hydrogen (secondary N) is 1. The van der Waals surface area contributed by atoms with Gasteiger partial charge in [-0.25, -0.2) is 9.97 Å². The number of rotatable bonds is 4. The third kappa shape index (κ3) is 2.68.